The predicted octanol–water partition coefficient (Wildman–Crippen LogP) is 7.30. The van der Waals surface area contributed by atoms with Gasteiger partial charge in [0, 0.05) is 63.2 Å². The van der Waals surface area contributed by atoms with E-state index in [2.05, 4.69) is 34.1 Å². The first-order chi connectivity index (χ1) is 17.1. The lowest BCUT2D eigenvalue weighted by atomic mass is 9.97. The first kappa shape index (κ1) is 22.1. The maximum absolute atomic E-state index is 6.57. The van der Waals surface area contributed by atoms with Crippen molar-refractivity contribution in [2.75, 3.05) is 23.3 Å². The fourth-order valence-corrected chi connectivity index (χ4v) is 5.42. The van der Waals surface area contributed by atoms with Crippen LogP contribution in [0.4, 0.5) is 11.4 Å². The second-order valence-corrected chi connectivity index (χ2v) is 9.77. The predicted molar refractivity (Wildman–Crippen MR) is 142 cm³/mol. The Balaban J connectivity index is 1.30. The van der Waals surface area contributed by atoms with Gasteiger partial charge in [0.15, 0.2) is 13.5 Å². The molecule has 35 heavy (non-hydrogen) atoms. The lowest BCUT2D eigenvalue weighted by Gasteiger charge is -2.33. The highest BCUT2D eigenvalue weighted by atomic mass is 35.5. The molecule has 176 valence electrons. The van der Waals surface area contributed by atoms with Gasteiger partial charge in [0.05, 0.1) is 0 Å². The van der Waals surface area contributed by atoms with Gasteiger partial charge in [0.25, 0.3) is 0 Å². The van der Waals surface area contributed by atoms with Crippen LogP contribution in [0.15, 0.2) is 84.9 Å². The van der Waals surface area contributed by atoms with Crippen LogP contribution in [0.25, 0.3) is 0 Å². The molecule has 0 amide bonds. The summed E-state index contributed by atoms with van der Waals surface area (Å²) in [4.78, 5) is 4.40. The topological polar surface area (TPSA) is 24.9 Å². The summed E-state index contributed by atoms with van der Waals surface area (Å²) in [5.41, 5.74) is 6.49. The van der Waals surface area contributed by atoms with Crippen molar-refractivity contribution in [2.24, 2.45) is 0 Å². The van der Waals surface area contributed by atoms with E-state index in [4.69, 9.17) is 32.7 Å². The Morgan fingerprint density at radius 2 is 1.03 bits per heavy atom. The third-order valence-electron chi connectivity index (χ3n) is 6.49. The van der Waals surface area contributed by atoms with Crippen molar-refractivity contribution < 1.29 is 9.47 Å². The van der Waals surface area contributed by atoms with Gasteiger partial charge in [-0.1, -0.05) is 59.6 Å². The number of nitrogens with zero attached hydrogens (tertiary/aromatic N) is 2. The molecule has 0 aromatic heterocycles. The number of halogens is 2. The minimum absolute atomic E-state index is 0.488. The van der Waals surface area contributed by atoms with Crippen molar-refractivity contribution in [2.45, 2.75) is 19.5 Å². The molecule has 0 radical (unpaired) electrons. The molecule has 0 N–H and O–H groups in total. The van der Waals surface area contributed by atoms with Crippen LogP contribution in [0.5, 0.6) is 11.5 Å². The SMILES string of the molecule is Clc1cc(Cc2cc(Cl)cc3c2OCN(c2ccccc2)C3)c2c(c1)CN(c1ccccc1)CO2. The largest absolute Gasteiger partial charge is 0.472 e. The fourth-order valence-electron chi connectivity index (χ4n) is 4.89. The Labute approximate surface area is 215 Å². The molecule has 0 unspecified atom stereocenters. The fraction of sp³-hybridized carbons (Fsp3) is 0.172. The van der Waals surface area contributed by atoms with Crippen LogP contribution in [0.3, 0.4) is 0 Å². The van der Waals surface area contributed by atoms with Gasteiger partial charge < -0.3 is 19.3 Å². The number of para-hydroxylation sites is 2. The van der Waals surface area contributed by atoms with E-state index in [0.717, 1.165) is 58.2 Å². The molecule has 0 spiro atoms. The summed E-state index contributed by atoms with van der Waals surface area (Å²) in [6, 6.07) is 28.5. The van der Waals surface area contributed by atoms with E-state index < -0.39 is 0 Å². The average molecular weight is 503 g/mol. The van der Waals surface area contributed by atoms with E-state index >= 15 is 0 Å². The van der Waals surface area contributed by atoms with E-state index in [-0.39, 0.29) is 0 Å². The van der Waals surface area contributed by atoms with Gasteiger partial charge in [-0.25, -0.2) is 0 Å². The Morgan fingerprint density at radius 3 is 1.46 bits per heavy atom. The number of hydrogen-bond acceptors (Lipinski definition) is 4. The maximum atomic E-state index is 6.57. The molecule has 0 fully saturated rings. The van der Waals surface area contributed by atoms with Gasteiger partial charge in [-0.2, -0.15) is 0 Å². The minimum atomic E-state index is 0.488. The third-order valence-corrected chi connectivity index (χ3v) is 6.93. The van der Waals surface area contributed by atoms with Crippen LogP contribution in [0, 0.1) is 0 Å². The first-order valence-electron chi connectivity index (χ1n) is 11.6. The van der Waals surface area contributed by atoms with E-state index in [1.54, 1.807) is 0 Å². The number of ether oxygens (including phenoxy) is 2. The van der Waals surface area contributed by atoms with Crippen molar-refractivity contribution in [3.8, 4) is 11.5 Å². The van der Waals surface area contributed by atoms with E-state index in [1.807, 2.05) is 60.7 Å². The third kappa shape index (κ3) is 4.52. The maximum Gasteiger partial charge on any atom is 0.161 e. The molecule has 6 heteroatoms. The second kappa shape index (κ2) is 9.37. The summed E-state index contributed by atoms with van der Waals surface area (Å²) >= 11 is 13.1. The molecule has 4 aromatic rings. The number of hydrogen-bond donors (Lipinski definition) is 0. The molecule has 2 heterocycles. The molecule has 6 rings (SSSR count). The second-order valence-electron chi connectivity index (χ2n) is 8.90. The lowest BCUT2D eigenvalue weighted by molar-refractivity contribution is 0.283. The van der Waals surface area contributed by atoms with Crippen LogP contribution in [-0.2, 0) is 19.5 Å². The summed E-state index contributed by atoms with van der Waals surface area (Å²) in [6.45, 7) is 2.45. The molecule has 0 saturated carbocycles. The van der Waals surface area contributed by atoms with Crippen LogP contribution < -0.4 is 19.3 Å². The highest BCUT2D eigenvalue weighted by molar-refractivity contribution is 6.31. The summed E-state index contributed by atoms with van der Waals surface area (Å²) in [6.07, 6.45) is 0.627. The van der Waals surface area contributed by atoms with Gasteiger partial charge in [0.1, 0.15) is 11.5 Å². The Bertz CT molecular complexity index is 1260. The minimum Gasteiger partial charge on any atom is -0.472 e. The zero-order valence-electron chi connectivity index (χ0n) is 19.1. The number of rotatable bonds is 4. The van der Waals surface area contributed by atoms with E-state index in [1.165, 1.54) is 0 Å². The Kier molecular flexibility index (Phi) is 5.93. The normalized spacial score (nSPS) is 14.6. The zero-order chi connectivity index (χ0) is 23.8. The number of benzene rings is 4. The molecule has 0 saturated heterocycles. The van der Waals surface area contributed by atoms with Crippen LogP contribution >= 0.6 is 23.2 Å². The number of fused-ring (bicyclic) bond motifs is 2. The van der Waals surface area contributed by atoms with Crippen molar-refractivity contribution in [3.63, 3.8) is 0 Å². The molecular weight excluding hydrogens is 479 g/mol. The molecule has 4 aromatic carbocycles. The molecule has 4 nitrogen and oxygen atoms in total. The zero-order valence-corrected chi connectivity index (χ0v) is 20.6. The van der Waals surface area contributed by atoms with Crippen LogP contribution in [-0.4, -0.2) is 13.5 Å². The van der Waals surface area contributed by atoms with Gasteiger partial charge in [-0.05, 0) is 48.5 Å². The van der Waals surface area contributed by atoms with Gasteiger partial charge >= 0.3 is 0 Å². The van der Waals surface area contributed by atoms with Crippen molar-refractivity contribution in [3.05, 3.63) is 117 Å². The van der Waals surface area contributed by atoms with Gasteiger partial charge in [-0.15, -0.1) is 0 Å². The van der Waals surface area contributed by atoms with Crippen LogP contribution in [0.1, 0.15) is 22.3 Å². The standard InChI is InChI=1S/C29H24Cl2N2O2/c30-24-12-20(28-22(14-24)16-32(18-34-28)26-7-3-1-4-8-26)11-21-13-25(31)15-23-17-33(19-35-29(21)23)27-9-5-2-6-10-27/h1-10,12-15H,11,16-19H2. The van der Waals surface area contributed by atoms with Crippen molar-refractivity contribution in [1.29, 1.82) is 0 Å². The summed E-state index contributed by atoms with van der Waals surface area (Å²) in [7, 11) is 0. The summed E-state index contributed by atoms with van der Waals surface area (Å²) < 4.78 is 12.6. The molecule has 2 aliphatic heterocycles. The first-order valence-corrected chi connectivity index (χ1v) is 12.4. The van der Waals surface area contributed by atoms with E-state index in [0.29, 0.717) is 29.9 Å². The highest BCUT2D eigenvalue weighted by Gasteiger charge is 2.25. The van der Waals surface area contributed by atoms with E-state index in [9.17, 15) is 0 Å². The van der Waals surface area contributed by atoms with Gasteiger partial charge in [-0.3, -0.25) is 0 Å². The number of anilines is 2. The Morgan fingerprint density at radius 1 is 0.600 bits per heavy atom. The summed E-state index contributed by atoms with van der Waals surface area (Å²) in [5.74, 6) is 1.80. The monoisotopic (exact) mass is 502 g/mol. The highest BCUT2D eigenvalue weighted by Crippen LogP contribution is 2.39. The molecule has 0 bridgehead atoms. The summed E-state index contributed by atoms with van der Waals surface area (Å²) in [5, 5.41) is 1.40. The van der Waals surface area contributed by atoms with Crippen LogP contribution in [0.2, 0.25) is 10.0 Å². The smallest absolute Gasteiger partial charge is 0.161 e. The average Bonchev–Trinajstić information content (AvgIpc) is 2.89. The molecular formula is C29H24Cl2N2O2. The van der Waals surface area contributed by atoms with Gasteiger partial charge in [0.2, 0.25) is 0 Å². The molecule has 0 atom stereocenters. The Hall–Kier alpha value is -3.34. The lowest BCUT2D eigenvalue weighted by Crippen LogP contribution is -2.33. The van der Waals surface area contributed by atoms with Crippen molar-refractivity contribution in [1.82, 2.24) is 0 Å². The van der Waals surface area contributed by atoms with Crippen molar-refractivity contribution >= 4 is 34.6 Å². The molecule has 0 aliphatic carbocycles. The molecule has 2 aliphatic rings. The quantitative estimate of drug-likeness (QED) is 0.292.